The van der Waals surface area contributed by atoms with Crippen molar-refractivity contribution in [1.29, 1.82) is 0 Å². The molecule has 1 N–H and O–H groups in total. The van der Waals surface area contributed by atoms with Gasteiger partial charge in [-0.05, 0) is 49.1 Å². The monoisotopic (exact) mass is 367 g/mol. The van der Waals surface area contributed by atoms with Crippen LogP contribution >= 0.6 is 0 Å². The molecule has 0 atom stereocenters. The molecule has 0 aliphatic rings. The number of hydrogen-bond acceptors (Lipinski definition) is 4. The van der Waals surface area contributed by atoms with Crippen LogP contribution in [0.4, 0.5) is 0 Å². The summed E-state index contributed by atoms with van der Waals surface area (Å²) < 4.78 is 5.34. The van der Waals surface area contributed by atoms with E-state index in [1.54, 1.807) is 12.1 Å². The first kappa shape index (κ1) is 20.7. The highest BCUT2D eigenvalue weighted by molar-refractivity contribution is 5.69. The van der Waals surface area contributed by atoms with Crippen molar-refractivity contribution in [2.75, 3.05) is 19.6 Å². The molecule has 2 rings (SSSR count). The lowest BCUT2D eigenvalue weighted by Crippen LogP contribution is -2.28. The molecule has 0 saturated carbocycles. The Bertz CT molecular complexity index is 683. The van der Waals surface area contributed by atoms with Gasteiger partial charge in [0.25, 0.3) is 0 Å². The van der Waals surface area contributed by atoms with Crippen LogP contribution in [0.2, 0.25) is 0 Å². The number of ether oxygens (including phenoxy) is 1. The highest BCUT2D eigenvalue weighted by Crippen LogP contribution is 2.12. The molecule has 0 unspecified atom stereocenters. The molecule has 0 aromatic heterocycles. The second kappa shape index (κ2) is 11.9. The zero-order valence-electron chi connectivity index (χ0n) is 15.8. The van der Waals surface area contributed by atoms with Crippen molar-refractivity contribution in [1.82, 2.24) is 4.90 Å². The average Bonchev–Trinajstić information content (AvgIpc) is 2.69. The molecule has 0 fully saturated rings. The van der Waals surface area contributed by atoms with E-state index >= 15 is 0 Å². The van der Waals surface area contributed by atoms with E-state index in [0.29, 0.717) is 25.3 Å². The Kier molecular flexibility index (Phi) is 9.14. The Balaban J connectivity index is 1.64. The maximum atomic E-state index is 12.0. The van der Waals surface area contributed by atoms with Gasteiger partial charge >= 0.3 is 5.97 Å². The van der Waals surface area contributed by atoms with Gasteiger partial charge in [0, 0.05) is 13.1 Å². The SMILES string of the molecule is C=CCN(CCCCc1ccc(O)cc1)CCC(=O)OCc1ccccc1. The third-order valence-corrected chi connectivity index (χ3v) is 4.39. The maximum absolute atomic E-state index is 12.0. The number of aromatic hydroxyl groups is 1. The number of aryl methyl sites for hydroxylation is 1. The Morgan fingerprint density at radius 3 is 2.44 bits per heavy atom. The number of unbranched alkanes of at least 4 members (excludes halogenated alkanes) is 1. The Morgan fingerprint density at radius 2 is 1.74 bits per heavy atom. The minimum absolute atomic E-state index is 0.169. The second-order valence-electron chi connectivity index (χ2n) is 6.61. The van der Waals surface area contributed by atoms with Gasteiger partial charge in [0.2, 0.25) is 0 Å². The lowest BCUT2D eigenvalue weighted by atomic mass is 10.1. The van der Waals surface area contributed by atoms with Crippen LogP contribution in [0.3, 0.4) is 0 Å². The minimum atomic E-state index is -0.169. The molecule has 144 valence electrons. The average molecular weight is 367 g/mol. The fraction of sp³-hybridized carbons (Fsp3) is 0.348. The van der Waals surface area contributed by atoms with Crippen LogP contribution in [0.15, 0.2) is 67.3 Å². The number of nitrogens with zero attached hydrogens (tertiary/aromatic N) is 1. The maximum Gasteiger partial charge on any atom is 0.307 e. The summed E-state index contributed by atoms with van der Waals surface area (Å²) in [6.07, 6.45) is 5.36. The molecule has 0 bridgehead atoms. The lowest BCUT2D eigenvalue weighted by molar-refractivity contribution is -0.145. The first-order chi connectivity index (χ1) is 13.2. The third-order valence-electron chi connectivity index (χ3n) is 4.39. The molecule has 4 heteroatoms. The van der Waals surface area contributed by atoms with E-state index in [0.717, 1.165) is 37.9 Å². The first-order valence-electron chi connectivity index (χ1n) is 9.48. The van der Waals surface area contributed by atoms with Crippen LogP contribution in [0.25, 0.3) is 0 Å². The van der Waals surface area contributed by atoms with E-state index < -0.39 is 0 Å². The van der Waals surface area contributed by atoms with Gasteiger partial charge in [-0.3, -0.25) is 9.69 Å². The molecule has 2 aromatic rings. The number of esters is 1. The number of carbonyl (C=O) groups excluding carboxylic acids is 1. The minimum Gasteiger partial charge on any atom is -0.508 e. The van der Waals surface area contributed by atoms with Gasteiger partial charge in [-0.15, -0.1) is 6.58 Å². The molecule has 0 saturated heterocycles. The Labute approximate surface area is 162 Å². The molecular weight excluding hydrogens is 338 g/mol. The van der Waals surface area contributed by atoms with Crippen molar-refractivity contribution >= 4 is 5.97 Å². The summed E-state index contributed by atoms with van der Waals surface area (Å²) in [5.74, 6) is 0.132. The predicted octanol–water partition coefficient (Wildman–Crippen LogP) is 4.34. The van der Waals surface area contributed by atoms with Gasteiger partial charge in [0.15, 0.2) is 0 Å². The van der Waals surface area contributed by atoms with Gasteiger partial charge in [-0.2, -0.15) is 0 Å². The summed E-state index contributed by atoms with van der Waals surface area (Å²) >= 11 is 0. The standard InChI is InChI=1S/C23H29NO3/c1-2-16-24(17-7-6-8-20-11-13-22(25)14-12-20)18-15-23(26)27-19-21-9-4-3-5-10-21/h2-5,9-14,25H,1,6-8,15-19H2. The summed E-state index contributed by atoms with van der Waals surface area (Å²) in [6.45, 7) is 6.51. The van der Waals surface area contributed by atoms with Crippen LogP contribution < -0.4 is 0 Å². The van der Waals surface area contributed by atoms with Crippen LogP contribution in [0.5, 0.6) is 5.75 Å². The van der Waals surface area contributed by atoms with Gasteiger partial charge < -0.3 is 9.84 Å². The number of benzene rings is 2. The molecule has 4 nitrogen and oxygen atoms in total. The van der Waals surface area contributed by atoms with E-state index in [2.05, 4.69) is 11.5 Å². The predicted molar refractivity (Wildman–Crippen MR) is 109 cm³/mol. The molecule has 0 aliphatic carbocycles. The van der Waals surface area contributed by atoms with Crippen molar-refractivity contribution in [2.45, 2.75) is 32.3 Å². The number of phenols is 1. The number of phenolic OH excluding ortho intramolecular Hbond substituents is 1. The van der Waals surface area contributed by atoms with E-state index in [-0.39, 0.29) is 5.97 Å². The molecular formula is C23H29NO3. The van der Waals surface area contributed by atoms with Crippen LogP contribution in [-0.2, 0) is 22.6 Å². The molecule has 0 aliphatic heterocycles. The number of rotatable bonds is 12. The topological polar surface area (TPSA) is 49.8 Å². The summed E-state index contributed by atoms with van der Waals surface area (Å²) in [5.41, 5.74) is 2.23. The largest absolute Gasteiger partial charge is 0.508 e. The van der Waals surface area contributed by atoms with Gasteiger partial charge in [-0.25, -0.2) is 0 Å². The molecule has 0 amide bonds. The van der Waals surface area contributed by atoms with Crippen molar-refractivity contribution in [3.05, 3.63) is 78.4 Å². The molecule has 0 spiro atoms. The molecule has 0 heterocycles. The van der Waals surface area contributed by atoms with E-state index in [1.807, 2.05) is 48.5 Å². The summed E-state index contributed by atoms with van der Waals surface area (Å²) in [4.78, 5) is 14.2. The van der Waals surface area contributed by atoms with Crippen LogP contribution in [0.1, 0.15) is 30.4 Å². The van der Waals surface area contributed by atoms with Gasteiger partial charge in [0.05, 0.1) is 6.42 Å². The lowest BCUT2D eigenvalue weighted by Gasteiger charge is -2.20. The third kappa shape index (κ3) is 8.56. The molecule has 2 aromatic carbocycles. The fourth-order valence-corrected chi connectivity index (χ4v) is 2.86. The Morgan fingerprint density at radius 1 is 1.00 bits per heavy atom. The van der Waals surface area contributed by atoms with Crippen molar-refractivity contribution in [3.63, 3.8) is 0 Å². The zero-order chi connectivity index (χ0) is 19.3. The quantitative estimate of drug-likeness (QED) is 0.344. The van der Waals surface area contributed by atoms with E-state index in [1.165, 1.54) is 5.56 Å². The first-order valence-corrected chi connectivity index (χ1v) is 9.48. The highest BCUT2D eigenvalue weighted by atomic mass is 16.5. The number of carbonyl (C=O) groups is 1. The summed E-state index contributed by atoms with van der Waals surface area (Å²) in [7, 11) is 0. The fourth-order valence-electron chi connectivity index (χ4n) is 2.86. The van der Waals surface area contributed by atoms with Gasteiger partial charge in [0.1, 0.15) is 12.4 Å². The highest BCUT2D eigenvalue weighted by Gasteiger charge is 2.08. The zero-order valence-corrected chi connectivity index (χ0v) is 15.8. The molecule has 27 heavy (non-hydrogen) atoms. The smallest absolute Gasteiger partial charge is 0.307 e. The van der Waals surface area contributed by atoms with Crippen molar-refractivity contribution < 1.29 is 14.6 Å². The van der Waals surface area contributed by atoms with Gasteiger partial charge in [-0.1, -0.05) is 48.5 Å². The summed E-state index contributed by atoms with van der Waals surface area (Å²) in [5, 5.41) is 9.31. The molecule has 0 radical (unpaired) electrons. The summed E-state index contributed by atoms with van der Waals surface area (Å²) in [6, 6.07) is 17.1. The second-order valence-corrected chi connectivity index (χ2v) is 6.61. The van der Waals surface area contributed by atoms with Crippen molar-refractivity contribution in [3.8, 4) is 5.75 Å². The van der Waals surface area contributed by atoms with Crippen LogP contribution in [0, 0.1) is 0 Å². The van der Waals surface area contributed by atoms with E-state index in [9.17, 15) is 9.90 Å². The Hall–Kier alpha value is -2.59. The van der Waals surface area contributed by atoms with Crippen molar-refractivity contribution in [2.24, 2.45) is 0 Å². The van der Waals surface area contributed by atoms with E-state index in [4.69, 9.17) is 4.74 Å². The normalized spacial score (nSPS) is 10.7. The number of hydrogen-bond donors (Lipinski definition) is 1. The van der Waals surface area contributed by atoms with Crippen LogP contribution in [-0.4, -0.2) is 35.6 Å².